The Balaban J connectivity index is 3.09. The summed E-state index contributed by atoms with van der Waals surface area (Å²) in [4.78, 5) is 12.0. The van der Waals surface area contributed by atoms with Crippen molar-refractivity contribution in [3.63, 3.8) is 0 Å². The van der Waals surface area contributed by atoms with Crippen molar-refractivity contribution >= 4 is 5.97 Å². The van der Waals surface area contributed by atoms with E-state index in [2.05, 4.69) is 0 Å². The Hall–Kier alpha value is -1.55. The minimum atomic E-state index is -0.522. The quantitative estimate of drug-likeness (QED) is 0.818. The highest BCUT2D eigenvalue weighted by Crippen LogP contribution is 2.23. The van der Waals surface area contributed by atoms with E-state index in [0.29, 0.717) is 16.9 Å². The maximum absolute atomic E-state index is 12.0. The van der Waals surface area contributed by atoms with Crippen LogP contribution in [-0.4, -0.2) is 18.7 Å². The second-order valence-electron chi connectivity index (χ2n) is 4.69. The monoisotopic (exact) mass is 237 g/mol. The summed E-state index contributed by atoms with van der Waals surface area (Å²) in [6, 6.07) is 5.21. The molecule has 0 aliphatic heterocycles. The van der Waals surface area contributed by atoms with Gasteiger partial charge in [-0.1, -0.05) is 6.07 Å². The van der Waals surface area contributed by atoms with Crippen LogP contribution in [0, 0.1) is 0 Å². The van der Waals surface area contributed by atoms with Gasteiger partial charge in [-0.25, -0.2) is 4.79 Å². The Morgan fingerprint density at radius 2 is 2.00 bits per heavy atom. The van der Waals surface area contributed by atoms with E-state index in [1.54, 1.807) is 25.3 Å². The summed E-state index contributed by atoms with van der Waals surface area (Å²) < 4.78 is 10.5. The third-order valence-electron chi connectivity index (χ3n) is 2.18. The van der Waals surface area contributed by atoms with Gasteiger partial charge in [-0.2, -0.15) is 0 Å². The van der Waals surface area contributed by atoms with Crippen LogP contribution in [0.3, 0.4) is 0 Å². The van der Waals surface area contributed by atoms with Crippen LogP contribution in [0.25, 0.3) is 0 Å². The molecule has 0 aliphatic carbocycles. The second kappa shape index (κ2) is 5.19. The lowest BCUT2D eigenvalue weighted by Gasteiger charge is -2.21. The average molecular weight is 237 g/mol. The fraction of sp³-hybridized carbons (Fsp3) is 0.462. The Bertz CT molecular complexity index is 408. The Labute approximate surface area is 102 Å². The van der Waals surface area contributed by atoms with Gasteiger partial charge in [0.15, 0.2) is 0 Å². The summed E-state index contributed by atoms with van der Waals surface area (Å²) in [7, 11) is 1.55. The van der Waals surface area contributed by atoms with Crippen LogP contribution in [0.4, 0.5) is 0 Å². The number of carbonyl (C=O) groups excluding carboxylic acids is 1. The molecule has 1 rings (SSSR count). The van der Waals surface area contributed by atoms with E-state index >= 15 is 0 Å². The molecule has 0 spiro atoms. The number of hydrogen-bond acceptors (Lipinski definition) is 4. The van der Waals surface area contributed by atoms with Gasteiger partial charge in [0.25, 0.3) is 0 Å². The molecule has 0 unspecified atom stereocenters. The average Bonchev–Trinajstić information content (AvgIpc) is 2.25. The zero-order valence-electron chi connectivity index (χ0n) is 10.7. The number of methoxy groups -OCH3 is 1. The first-order valence-electron chi connectivity index (χ1n) is 5.48. The lowest BCUT2D eigenvalue weighted by atomic mass is 10.1. The van der Waals surface area contributed by atoms with Gasteiger partial charge < -0.3 is 15.2 Å². The maximum atomic E-state index is 12.0. The number of hydrogen-bond donors (Lipinski definition) is 1. The number of esters is 1. The van der Waals surface area contributed by atoms with Crippen molar-refractivity contribution < 1.29 is 14.3 Å². The molecule has 0 radical (unpaired) electrons. The van der Waals surface area contributed by atoms with Gasteiger partial charge >= 0.3 is 5.97 Å². The van der Waals surface area contributed by atoms with Crippen molar-refractivity contribution in [1.29, 1.82) is 0 Å². The molecule has 1 aromatic rings. The van der Waals surface area contributed by atoms with E-state index in [-0.39, 0.29) is 12.5 Å². The van der Waals surface area contributed by atoms with Gasteiger partial charge in [0.1, 0.15) is 11.4 Å². The molecule has 0 amide bonds. The zero-order chi connectivity index (χ0) is 13.1. The molecule has 0 saturated heterocycles. The number of carbonyl (C=O) groups is 1. The molecule has 0 bridgehead atoms. The number of nitrogens with two attached hydrogens (primary N) is 1. The van der Waals surface area contributed by atoms with Crippen LogP contribution < -0.4 is 10.5 Å². The summed E-state index contributed by atoms with van der Waals surface area (Å²) >= 11 is 0. The molecule has 0 heterocycles. The summed E-state index contributed by atoms with van der Waals surface area (Å²) in [6.45, 7) is 5.71. The Kier molecular flexibility index (Phi) is 4.12. The normalized spacial score (nSPS) is 11.1. The molecule has 0 atom stereocenters. The highest BCUT2D eigenvalue weighted by molar-refractivity contribution is 5.92. The van der Waals surface area contributed by atoms with Crippen LogP contribution in [0.1, 0.15) is 36.7 Å². The molecule has 94 valence electrons. The van der Waals surface area contributed by atoms with Crippen LogP contribution in [0.5, 0.6) is 5.75 Å². The molecular formula is C13H19NO3. The first-order valence-corrected chi connectivity index (χ1v) is 5.48. The number of rotatable bonds is 3. The zero-order valence-corrected chi connectivity index (χ0v) is 10.7. The van der Waals surface area contributed by atoms with Gasteiger partial charge in [0, 0.05) is 12.1 Å². The van der Waals surface area contributed by atoms with E-state index < -0.39 is 5.60 Å². The third-order valence-corrected chi connectivity index (χ3v) is 2.18. The van der Waals surface area contributed by atoms with Crippen molar-refractivity contribution in [1.82, 2.24) is 0 Å². The highest BCUT2D eigenvalue weighted by Gasteiger charge is 2.21. The third kappa shape index (κ3) is 3.46. The lowest BCUT2D eigenvalue weighted by molar-refractivity contribution is 0.00679. The van der Waals surface area contributed by atoms with Gasteiger partial charge in [-0.3, -0.25) is 0 Å². The maximum Gasteiger partial charge on any atom is 0.339 e. The molecule has 0 fully saturated rings. The topological polar surface area (TPSA) is 61.5 Å². The SMILES string of the molecule is COc1cccc(C(=O)OC(C)(C)C)c1CN. The van der Waals surface area contributed by atoms with E-state index in [1.807, 2.05) is 20.8 Å². The van der Waals surface area contributed by atoms with Crippen LogP contribution >= 0.6 is 0 Å². The molecule has 0 aliphatic rings. The molecule has 17 heavy (non-hydrogen) atoms. The van der Waals surface area contributed by atoms with E-state index in [0.717, 1.165) is 0 Å². The van der Waals surface area contributed by atoms with Gasteiger partial charge in [-0.05, 0) is 32.9 Å². The van der Waals surface area contributed by atoms with Gasteiger partial charge in [0.05, 0.1) is 12.7 Å². The van der Waals surface area contributed by atoms with Crippen molar-refractivity contribution in [2.75, 3.05) is 7.11 Å². The summed E-state index contributed by atoms with van der Waals surface area (Å²) in [5.74, 6) is 0.229. The van der Waals surface area contributed by atoms with Crippen LogP contribution in [0.2, 0.25) is 0 Å². The summed E-state index contributed by atoms with van der Waals surface area (Å²) in [6.07, 6.45) is 0. The van der Waals surface area contributed by atoms with Gasteiger partial charge in [0.2, 0.25) is 0 Å². The van der Waals surface area contributed by atoms with Crippen molar-refractivity contribution in [2.45, 2.75) is 32.9 Å². The highest BCUT2D eigenvalue weighted by atomic mass is 16.6. The lowest BCUT2D eigenvalue weighted by Crippen LogP contribution is -2.25. The number of benzene rings is 1. The molecule has 4 nitrogen and oxygen atoms in total. The van der Waals surface area contributed by atoms with Crippen molar-refractivity contribution in [3.05, 3.63) is 29.3 Å². The van der Waals surface area contributed by atoms with Gasteiger partial charge in [-0.15, -0.1) is 0 Å². The minimum Gasteiger partial charge on any atom is -0.496 e. The van der Waals surface area contributed by atoms with E-state index in [1.165, 1.54) is 0 Å². The van der Waals surface area contributed by atoms with Crippen LogP contribution in [0.15, 0.2) is 18.2 Å². The first kappa shape index (κ1) is 13.5. The molecule has 1 aromatic carbocycles. The fourth-order valence-corrected chi connectivity index (χ4v) is 1.49. The smallest absolute Gasteiger partial charge is 0.339 e. The van der Waals surface area contributed by atoms with E-state index in [9.17, 15) is 4.79 Å². The molecular weight excluding hydrogens is 218 g/mol. The van der Waals surface area contributed by atoms with Crippen molar-refractivity contribution in [2.24, 2.45) is 5.73 Å². The standard InChI is InChI=1S/C13H19NO3/c1-13(2,3)17-12(15)9-6-5-7-11(16-4)10(9)8-14/h5-7H,8,14H2,1-4H3. The predicted molar refractivity (Wildman–Crippen MR) is 66.1 cm³/mol. The minimum absolute atomic E-state index is 0.235. The van der Waals surface area contributed by atoms with Crippen molar-refractivity contribution in [3.8, 4) is 5.75 Å². The first-order chi connectivity index (χ1) is 7.89. The predicted octanol–water partition coefficient (Wildman–Crippen LogP) is 2.11. The Morgan fingerprint density at radius 3 is 2.47 bits per heavy atom. The molecule has 0 saturated carbocycles. The molecule has 2 N–H and O–H groups in total. The Morgan fingerprint density at radius 1 is 1.35 bits per heavy atom. The summed E-state index contributed by atoms with van der Waals surface area (Å²) in [5.41, 5.74) is 6.25. The van der Waals surface area contributed by atoms with E-state index in [4.69, 9.17) is 15.2 Å². The fourth-order valence-electron chi connectivity index (χ4n) is 1.49. The second-order valence-corrected chi connectivity index (χ2v) is 4.69. The number of ether oxygens (including phenoxy) is 2. The molecule has 4 heteroatoms. The molecule has 0 aromatic heterocycles. The largest absolute Gasteiger partial charge is 0.496 e. The van der Waals surface area contributed by atoms with Crippen LogP contribution in [-0.2, 0) is 11.3 Å². The summed E-state index contributed by atoms with van der Waals surface area (Å²) in [5, 5.41) is 0.